The molecule has 0 saturated heterocycles. The highest BCUT2D eigenvalue weighted by Gasteiger charge is 2.60. The molecule has 2 aliphatic rings. The third kappa shape index (κ3) is 30.2. The molecule has 86 heavy (non-hydrogen) atoms. The molecule has 8 nitrogen and oxygen atoms in total. The van der Waals surface area contributed by atoms with Crippen molar-refractivity contribution in [2.75, 3.05) is 0 Å². The Morgan fingerprint density at radius 2 is 0.709 bits per heavy atom. The zero-order valence-corrected chi connectivity index (χ0v) is 56.0. The molecular formula is C78H120O8. The summed E-state index contributed by atoms with van der Waals surface area (Å²) in [6.45, 7) is 23.3. The number of carbonyl (C=O) groups is 2. The van der Waals surface area contributed by atoms with Crippen molar-refractivity contribution in [3.63, 3.8) is 0 Å². The van der Waals surface area contributed by atoms with E-state index in [0.29, 0.717) is 25.7 Å². The number of rotatable bonds is 40. The van der Waals surface area contributed by atoms with E-state index in [1.165, 1.54) is 64.2 Å². The van der Waals surface area contributed by atoms with Crippen LogP contribution in [-0.2, 0) is 19.1 Å². The van der Waals surface area contributed by atoms with Crippen LogP contribution in [0.5, 0.6) is 0 Å². The van der Waals surface area contributed by atoms with Crippen LogP contribution < -0.4 is 0 Å². The van der Waals surface area contributed by atoms with Crippen molar-refractivity contribution >= 4 is 11.9 Å². The molecule has 0 heterocycles. The highest BCUT2D eigenvalue weighted by Crippen LogP contribution is 2.52. The molecular weight excluding hydrogens is 1060 g/mol. The maximum Gasteiger partial charge on any atom is 0.306 e. The first-order chi connectivity index (χ1) is 40.8. The lowest BCUT2D eigenvalue weighted by Crippen LogP contribution is -2.65. The van der Waals surface area contributed by atoms with Crippen LogP contribution in [0.4, 0.5) is 0 Å². The van der Waals surface area contributed by atoms with Crippen LogP contribution >= 0.6 is 0 Å². The van der Waals surface area contributed by atoms with Crippen molar-refractivity contribution in [3.05, 3.63) is 180 Å². The molecule has 2 fully saturated rings. The number of aliphatic hydroxyl groups is 4. The highest BCUT2D eigenvalue weighted by molar-refractivity contribution is 5.70. The smallest absolute Gasteiger partial charge is 0.306 e. The molecule has 2 saturated carbocycles. The highest BCUT2D eigenvalue weighted by atomic mass is 16.5. The van der Waals surface area contributed by atoms with E-state index in [1.54, 1.807) is 26.0 Å². The van der Waals surface area contributed by atoms with E-state index in [1.807, 2.05) is 134 Å². The Labute approximate surface area is 524 Å². The number of ether oxygens (including phenoxy) is 2. The van der Waals surface area contributed by atoms with Gasteiger partial charge >= 0.3 is 11.9 Å². The Balaban J connectivity index is 1.80. The van der Waals surface area contributed by atoms with Crippen LogP contribution in [0.1, 0.15) is 250 Å². The fraction of sp³-hybridized carbons (Fsp3) is 0.590. The molecule has 0 aromatic carbocycles. The first-order valence-electron chi connectivity index (χ1n) is 33.1. The molecule has 2 aliphatic carbocycles. The van der Waals surface area contributed by atoms with Gasteiger partial charge in [-0.1, -0.05) is 287 Å². The minimum atomic E-state index is -1.56. The standard InChI is InChI=1S/C78H120O8/c1-13-15-17-19-21-23-25-27-28-29-30-31-32-34-36-38-40-42-44-56-72(80)86-70-62-74(9,10)78(84,76(12,82)64-70)60-58-68(6)54-48-52-66(4)50-46-45-49-65(3)51-47-53-67(5)57-59-77(83)73(7,8)61-69(63-75(77,11)81)85-71(79)55-43-41-39-37-35-33-26-24-22-20-18-16-14-2/h15,17,21,23,27-28,30-31,34,36,40,42,45-54,57-60,69-70,81-84H,13-14,16,18-20,22,24-26,29,32-33,35,37-39,41,43-44,55-56,61-64H2,1-12H3/b17-15-,23-21-,28-27-,31-30-,36-34-,42-40-,46-45+,51-47+,52-48+,59-57+,60-58+,65-49+,66-50+,67-53+,68-54+/t69-,70-,75+,76+,77+,78+/m0/s1. The second-order valence-corrected chi connectivity index (χ2v) is 26.2. The second-order valence-electron chi connectivity index (χ2n) is 26.2. The van der Waals surface area contributed by atoms with Crippen LogP contribution in [0.2, 0.25) is 0 Å². The SMILES string of the molecule is CC/C=C\C/C=C\C/C=C\C/C=C\C/C=C\C/C=C\CCC(=O)O[C@H]1CC(C)(C)[C@](O)(/C=C/C(C)=C/C=C/C(C)=C/C=C/C=C(C)/C=C/C=C(C)/C=C/[C@@]2(O)C(C)(C)C[C@H](OC(=O)CCCCCCCCCCCCCCC)C[C@@]2(C)O)[C@](C)(O)C1. The number of hydrogen-bond acceptors (Lipinski definition) is 8. The molecule has 8 heteroatoms. The van der Waals surface area contributed by atoms with Crippen LogP contribution in [0.3, 0.4) is 0 Å². The van der Waals surface area contributed by atoms with Crippen LogP contribution in [0.25, 0.3) is 0 Å². The van der Waals surface area contributed by atoms with Crippen LogP contribution in [0.15, 0.2) is 180 Å². The first kappa shape index (κ1) is 77.0. The fourth-order valence-corrected chi connectivity index (χ4v) is 11.7. The Morgan fingerprint density at radius 3 is 1.07 bits per heavy atom. The predicted molar refractivity (Wildman–Crippen MR) is 365 cm³/mol. The van der Waals surface area contributed by atoms with Crippen molar-refractivity contribution < 1.29 is 39.5 Å². The molecule has 480 valence electrons. The van der Waals surface area contributed by atoms with Gasteiger partial charge in [0.05, 0.1) is 11.2 Å². The molecule has 0 spiro atoms. The van der Waals surface area contributed by atoms with E-state index >= 15 is 0 Å². The molecule has 4 N–H and O–H groups in total. The van der Waals surface area contributed by atoms with Crippen LogP contribution in [0, 0.1) is 10.8 Å². The Hall–Kier alpha value is -5.12. The maximum atomic E-state index is 12.9. The zero-order valence-electron chi connectivity index (χ0n) is 56.0. The lowest BCUT2D eigenvalue weighted by molar-refractivity contribution is -0.223. The van der Waals surface area contributed by atoms with E-state index in [2.05, 4.69) is 80.7 Å². The van der Waals surface area contributed by atoms with Gasteiger partial charge in [-0.15, -0.1) is 0 Å². The Morgan fingerprint density at radius 1 is 0.395 bits per heavy atom. The van der Waals surface area contributed by atoms with E-state index < -0.39 is 45.4 Å². The molecule has 0 aromatic rings. The summed E-state index contributed by atoms with van der Waals surface area (Å²) in [4.78, 5) is 25.7. The van der Waals surface area contributed by atoms with Gasteiger partial charge in [-0.25, -0.2) is 0 Å². The lowest BCUT2D eigenvalue weighted by atomic mass is 9.57. The van der Waals surface area contributed by atoms with Gasteiger partial charge in [-0.3, -0.25) is 9.59 Å². The number of esters is 2. The average Bonchev–Trinajstić information content (AvgIpc) is 1.30. The Bertz CT molecular complexity index is 2410. The minimum Gasteiger partial charge on any atom is -0.462 e. The summed E-state index contributed by atoms with van der Waals surface area (Å²) >= 11 is 0. The van der Waals surface area contributed by atoms with Gasteiger partial charge in [0, 0.05) is 36.5 Å². The first-order valence-corrected chi connectivity index (χ1v) is 33.1. The van der Waals surface area contributed by atoms with E-state index in [-0.39, 0.29) is 31.2 Å². The fourth-order valence-electron chi connectivity index (χ4n) is 11.7. The van der Waals surface area contributed by atoms with Gasteiger partial charge in [0.15, 0.2) is 0 Å². The molecule has 0 aromatic heterocycles. The zero-order chi connectivity index (χ0) is 63.8. The summed E-state index contributed by atoms with van der Waals surface area (Å²) in [7, 11) is 0. The third-order valence-corrected chi connectivity index (χ3v) is 17.1. The number of allylic oxidation sites excluding steroid dienone is 28. The minimum absolute atomic E-state index is 0.127. The average molecular weight is 1190 g/mol. The number of hydrogen-bond donors (Lipinski definition) is 4. The monoisotopic (exact) mass is 1180 g/mol. The molecule has 0 amide bonds. The van der Waals surface area contributed by atoms with Gasteiger partial charge in [-0.05, 0) is 118 Å². The summed E-state index contributed by atoms with van der Waals surface area (Å²) in [5.74, 6) is -0.524. The molecule has 2 rings (SSSR count). The van der Waals surface area contributed by atoms with Crippen LogP contribution in [-0.4, -0.2) is 67.0 Å². The van der Waals surface area contributed by atoms with Crippen molar-refractivity contribution in [1.29, 1.82) is 0 Å². The summed E-state index contributed by atoms with van der Waals surface area (Å²) in [5.41, 5.74) is -3.75. The summed E-state index contributed by atoms with van der Waals surface area (Å²) in [6.07, 6.45) is 76.2. The van der Waals surface area contributed by atoms with Crippen molar-refractivity contribution in [2.45, 2.75) is 285 Å². The number of carbonyl (C=O) groups excluding carboxylic acids is 2. The van der Waals surface area contributed by atoms with E-state index in [4.69, 9.17) is 9.47 Å². The quantitative estimate of drug-likeness (QED) is 0.0206. The van der Waals surface area contributed by atoms with Crippen molar-refractivity contribution in [2.24, 2.45) is 10.8 Å². The van der Waals surface area contributed by atoms with Gasteiger partial charge < -0.3 is 29.9 Å². The maximum absolute atomic E-state index is 12.9. The van der Waals surface area contributed by atoms with Gasteiger partial charge in [0.25, 0.3) is 0 Å². The molecule has 0 unspecified atom stereocenters. The summed E-state index contributed by atoms with van der Waals surface area (Å²) < 4.78 is 11.8. The van der Waals surface area contributed by atoms with Gasteiger partial charge in [0.2, 0.25) is 0 Å². The van der Waals surface area contributed by atoms with Crippen molar-refractivity contribution in [3.8, 4) is 0 Å². The normalized spacial score (nSPS) is 25.6. The molecule has 0 bridgehead atoms. The lowest BCUT2D eigenvalue weighted by Gasteiger charge is -2.55. The van der Waals surface area contributed by atoms with Gasteiger partial charge in [-0.2, -0.15) is 0 Å². The van der Waals surface area contributed by atoms with Crippen molar-refractivity contribution in [1.82, 2.24) is 0 Å². The predicted octanol–water partition coefficient (Wildman–Crippen LogP) is 19.9. The summed E-state index contributed by atoms with van der Waals surface area (Å²) in [6, 6.07) is 0. The van der Waals surface area contributed by atoms with E-state index in [9.17, 15) is 30.0 Å². The largest absolute Gasteiger partial charge is 0.462 e. The van der Waals surface area contributed by atoms with Gasteiger partial charge in [0.1, 0.15) is 23.4 Å². The van der Waals surface area contributed by atoms with E-state index in [0.717, 1.165) is 80.1 Å². The topological polar surface area (TPSA) is 134 Å². The number of unbranched alkanes of at least 4 members (excludes halogenated alkanes) is 12. The Kier molecular flexibility index (Phi) is 37.5. The third-order valence-electron chi connectivity index (χ3n) is 17.1. The molecule has 0 radical (unpaired) electrons. The second kappa shape index (κ2) is 41.9. The molecule has 6 atom stereocenters. The molecule has 0 aliphatic heterocycles. The summed E-state index contributed by atoms with van der Waals surface area (Å²) in [5, 5.41) is 47.4.